The van der Waals surface area contributed by atoms with Crippen LogP contribution in [0.2, 0.25) is 0 Å². The van der Waals surface area contributed by atoms with Crippen molar-refractivity contribution in [3.63, 3.8) is 0 Å². The van der Waals surface area contributed by atoms with Gasteiger partial charge >= 0.3 is 0 Å². The van der Waals surface area contributed by atoms with E-state index in [1.54, 1.807) is 29.3 Å². The van der Waals surface area contributed by atoms with Crippen LogP contribution in [-0.2, 0) is 6.54 Å². The summed E-state index contributed by atoms with van der Waals surface area (Å²) in [7, 11) is 5.31. The first kappa shape index (κ1) is 24.5. The normalized spacial score (nSPS) is 14.3. The first-order valence-corrected chi connectivity index (χ1v) is 11.7. The second kappa shape index (κ2) is 11.2. The van der Waals surface area contributed by atoms with Gasteiger partial charge in [-0.2, -0.15) is 0 Å². The van der Waals surface area contributed by atoms with E-state index in [2.05, 4.69) is 10.3 Å². The van der Waals surface area contributed by atoms with E-state index in [0.29, 0.717) is 35.8 Å². The van der Waals surface area contributed by atoms with Crippen LogP contribution in [0.25, 0.3) is 0 Å². The number of likely N-dealkylation sites (N-methyl/N-ethyl adjacent to an activating group) is 1. The Balaban J connectivity index is 1.52. The molecule has 1 aliphatic heterocycles. The molecule has 4 rings (SSSR count). The maximum Gasteiger partial charge on any atom is 0.256 e. The van der Waals surface area contributed by atoms with Crippen molar-refractivity contribution >= 4 is 11.6 Å². The number of carbonyl (C=O) groups is 1. The Hall–Kier alpha value is -3.65. The summed E-state index contributed by atoms with van der Waals surface area (Å²) < 4.78 is 26.5. The number of aromatic nitrogens is 1. The molecule has 8 heteroatoms. The van der Waals surface area contributed by atoms with Crippen LogP contribution >= 0.6 is 0 Å². The number of methoxy groups -OCH3 is 1. The Kier molecular flexibility index (Phi) is 7.82. The van der Waals surface area contributed by atoms with Gasteiger partial charge in [0.1, 0.15) is 17.7 Å². The molecule has 1 aliphatic rings. The lowest BCUT2D eigenvalue weighted by Gasteiger charge is -2.23. The molecule has 0 radical (unpaired) electrons. The summed E-state index contributed by atoms with van der Waals surface area (Å²) in [5, 5.41) is 3.14. The van der Waals surface area contributed by atoms with Gasteiger partial charge in [0.15, 0.2) is 0 Å². The van der Waals surface area contributed by atoms with Crippen molar-refractivity contribution in [1.82, 2.24) is 15.2 Å². The number of rotatable bonds is 9. The number of nitrogens with one attached hydrogen (secondary N) is 1. The van der Waals surface area contributed by atoms with Crippen molar-refractivity contribution in [2.45, 2.75) is 19.1 Å². The molecule has 0 saturated heterocycles. The van der Waals surface area contributed by atoms with Gasteiger partial charge in [0, 0.05) is 50.8 Å². The summed E-state index contributed by atoms with van der Waals surface area (Å²) in [5.41, 5.74) is 2.70. The molecule has 0 unspecified atom stereocenters. The third-order valence-electron chi connectivity index (χ3n) is 6.19. The van der Waals surface area contributed by atoms with Crippen LogP contribution in [-0.4, -0.2) is 56.6 Å². The highest BCUT2D eigenvalue weighted by Gasteiger charge is 2.27. The summed E-state index contributed by atoms with van der Waals surface area (Å²) in [6.45, 7) is 2.00. The van der Waals surface area contributed by atoms with Gasteiger partial charge in [-0.15, -0.1) is 0 Å². The lowest BCUT2D eigenvalue weighted by atomic mass is 10.1. The predicted molar refractivity (Wildman–Crippen MR) is 134 cm³/mol. The van der Waals surface area contributed by atoms with E-state index in [0.717, 1.165) is 24.2 Å². The number of carbonyl (C=O) groups excluding carboxylic acids is 1. The molecule has 1 atom stereocenters. The van der Waals surface area contributed by atoms with Gasteiger partial charge in [0.2, 0.25) is 5.88 Å². The average molecular weight is 479 g/mol. The second-order valence-corrected chi connectivity index (χ2v) is 8.55. The zero-order valence-electron chi connectivity index (χ0n) is 20.3. The Bertz CT molecular complexity index is 1160. The molecule has 1 N–H and O–H groups in total. The molecule has 1 aromatic heterocycles. The van der Waals surface area contributed by atoms with Crippen LogP contribution in [0.15, 0.2) is 60.8 Å². The fraction of sp³-hybridized carbons (Fsp3) is 0.333. The Morgan fingerprint density at radius 1 is 1.14 bits per heavy atom. The molecule has 0 aliphatic carbocycles. The first-order valence-electron chi connectivity index (χ1n) is 11.7. The van der Waals surface area contributed by atoms with Crippen molar-refractivity contribution < 1.29 is 18.7 Å². The maximum atomic E-state index is 15.2. The fourth-order valence-electron chi connectivity index (χ4n) is 4.17. The van der Waals surface area contributed by atoms with E-state index in [9.17, 15) is 4.79 Å². The van der Waals surface area contributed by atoms with E-state index in [4.69, 9.17) is 9.47 Å². The molecular weight excluding hydrogens is 447 g/mol. The molecule has 0 saturated carbocycles. The van der Waals surface area contributed by atoms with E-state index < -0.39 is 5.82 Å². The Morgan fingerprint density at radius 2 is 1.94 bits per heavy atom. The molecule has 2 heterocycles. The van der Waals surface area contributed by atoms with Crippen LogP contribution in [0.5, 0.6) is 11.6 Å². The monoisotopic (exact) mass is 478 g/mol. The lowest BCUT2D eigenvalue weighted by molar-refractivity contribution is 0.0753. The molecule has 184 valence electrons. The number of hydrogen-bond donors (Lipinski definition) is 1. The van der Waals surface area contributed by atoms with Gasteiger partial charge < -0.3 is 24.6 Å². The van der Waals surface area contributed by atoms with Crippen LogP contribution in [0.4, 0.5) is 10.1 Å². The molecule has 2 aromatic carbocycles. The largest absolute Gasteiger partial charge is 0.486 e. The van der Waals surface area contributed by atoms with E-state index in [1.807, 2.05) is 49.3 Å². The van der Waals surface area contributed by atoms with Crippen molar-refractivity contribution in [3.05, 3.63) is 83.3 Å². The smallest absolute Gasteiger partial charge is 0.256 e. The number of ether oxygens (including phenoxy) is 2. The summed E-state index contributed by atoms with van der Waals surface area (Å²) in [6.07, 6.45) is 2.19. The fourth-order valence-corrected chi connectivity index (χ4v) is 4.17. The van der Waals surface area contributed by atoms with Crippen LogP contribution < -0.4 is 19.7 Å². The van der Waals surface area contributed by atoms with Gasteiger partial charge in [-0.1, -0.05) is 36.4 Å². The lowest BCUT2D eigenvalue weighted by Crippen LogP contribution is -2.33. The number of pyridine rings is 1. The predicted octanol–water partition coefficient (Wildman–Crippen LogP) is 4.05. The molecule has 0 fully saturated rings. The van der Waals surface area contributed by atoms with Gasteiger partial charge in [0.25, 0.3) is 5.91 Å². The van der Waals surface area contributed by atoms with Gasteiger partial charge in [-0.3, -0.25) is 4.79 Å². The third-order valence-corrected chi connectivity index (χ3v) is 6.19. The number of anilines is 1. The van der Waals surface area contributed by atoms with Gasteiger partial charge in [-0.05, 0) is 25.2 Å². The number of fused-ring (bicyclic) bond motifs is 1. The number of benzene rings is 2. The highest BCUT2D eigenvalue weighted by Crippen LogP contribution is 2.29. The van der Waals surface area contributed by atoms with Gasteiger partial charge in [-0.25, -0.2) is 9.37 Å². The Morgan fingerprint density at radius 3 is 2.66 bits per heavy atom. The SMILES string of the molecule is CNCC[C@H](Oc1ccc(CN2CCN(C)c3cnc(OC)cc3C2=O)c(F)c1)c1ccccc1. The molecule has 3 aromatic rings. The number of halogens is 1. The molecule has 1 amide bonds. The summed E-state index contributed by atoms with van der Waals surface area (Å²) >= 11 is 0. The minimum atomic E-state index is -0.402. The zero-order chi connectivity index (χ0) is 24.8. The van der Waals surface area contributed by atoms with E-state index >= 15 is 4.39 Å². The minimum Gasteiger partial charge on any atom is -0.486 e. The number of amides is 1. The highest BCUT2D eigenvalue weighted by atomic mass is 19.1. The summed E-state index contributed by atoms with van der Waals surface area (Å²) in [6, 6.07) is 16.4. The van der Waals surface area contributed by atoms with Crippen molar-refractivity contribution in [2.75, 3.05) is 45.7 Å². The second-order valence-electron chi connectivity index (χ2n) is 8.55. The van der Waals surface area contributed by atoms with Crippen molar-refractivity contribution in [2.24, 2.45) is 0 Å². The maximum absolute atomic E-state index is 15.2. The van der Waals surface area contributed by atoms with E-state index in [1.165, 1.54) is 13.2 Å². The first-order chi connectivity index (χ1) is 17.0. The van der Waals surface area contributed by atoms with Crippen LogP contribution in [0.1, 0.15) is 34.0 Å². The molecule has 35 heavy (non-hydrogen) atoms. The number of hydrogen-bond acceptors (Lipinski definition) is 6. The number of nitrogens with zero attached hydrogens (tertiary/aromatic N) is 3. The van der Waals surface area contributed by atoms with Crippen LogP contribution in [0, 0.1) is 5.82 Å². The summed E-state index contributed by atoms with van der Waals surface area (Å²) in [5.74, 6) is 0.243. The van der Waals surface area contributed by atoms with Crippen molar-refractivity contribution in [3.8, 4) is 11.6 Å². The van der Waals surface area contributed by atoms with E-state index in [-0.39, 0.29) is 18.6 Å². The molecule has 0 spiro atoms. The standard InChI is InChI=1S/C27H31FN4O3/c1-29-12-11-25(19-7-5-4-6-8-19)35-21-10-9-20(23(28)15-21)18-32-14-13-31(2)24-17-30-26(34-3)16-22(24)27(32)33/h4-10,15-17,25,29H,11-14,18H2,1-3H3/t25-/m0/s1. The summed E-state index contributed by atoms with van der Waals surface area (Å²) in [4.78, 5) is 21.1. The average Bonchev–Trinajstić information content (AvgIpc) is 3.00. The quantitative estimate of drug-likeness (QED) is 0.501. The molecule has 7 nitrogen and oxygen atoms in total. The zero-order valence-corrected chi connectivity index (χ0v) is 20.3. The highest BCUT2D eigenvalue weighted by molar-refractivity contribution is 6.00. The van der Waals surface area contributed by atoms with Gasteiger partial charge in [0.05, 0.1) is 24.6 Å². The minimum absolute atomic E-state index is 0.157. The topological polar surface area (TPSA) is 66.9 Å². The van der Waals surface area contributed by atoms with Crippen molar-refractivity contribution in [1.29, 1.82) is 0 Å². The van der Waals surface area contributed by atoms with Crippen LogP contribution in [0.3, 0.4) is 0 Å². The Labute approximate surface area is 205 Å². The third kappa shape index (κ3) is 5.71. The molecular formula is C27H31FN4O3. The molecule has 0 bridgehead atoms.